The van der Waals surface area contributed by atoms with Crippen molar-refractivity contribution in [1.29, 1.82) is 0 Å². The second kappa shape index (κ2) is 35.7. The summed E-state index contributed by atoms with van der Waals surface area (Å²) in [7, 11) is 0. The van der Waals surface area contributed by atoms with Crippen LogP contribution < -0.4 is 0 Å². The van der Waals surface area contributed by atoms with Crippen molar-refractivity contribution in [2.75, 3.05) is 0 Å². The van der Waals surface area contributed by atoms with Crippen LogP contribution in [0.15, 0.2) is 0 Å². The molecule has 0 amide bonds. The molecule has 0 aliphatic heterocycles. The van der Waals surface area contributed by atoms with Gasteiger partial charge in [-0.15, -0.1) is 0 Å². The minimum Gasteiger partial charge on any atom is -2.00 e. The van der Waals surface area contributed by atoms with E-state index >= 15 is 0 Å². The van der Waals surface area contributed by atoms with Gasteiger partial charge in [-0.1, -0.05) is 0 Å². The molecule has 4 radical (unpaired) electrons. The monoisotopic (exact) mass is 240 g/mol. The van der Waals surface area contributed by atoms with Crippen LogP contribution in [0, 0.1) is 0 Å². The van der Waals surface area contributed by atoms with Crippen LogP contribution in [0.2, 0.25) is 0 Å². The molecule has 0 bridgehead atoms. The minimum absolute atomic E-state index is 0. The summed E-state index contributed by atoms with van der Waals surface area (Å²) in [6, 6.07) is 0. The molecule has 0 aromatic rings. The predicted octanol–water partition coefficient (Wildman–Crippen LogP) is -0.621. The van der Waals surface area contributed by atoms with Gasteiger partial charge >= 0.3 is 25.8 Å². The third-order valence-corrected chi connectivity index (χ3v) is 0. The van der Waals surface area contributed by atoms with E-state index in [1.54, 1.807) is 0 Å². The Morgan fingerprint density at radius 3 is 0.750 bits per heavy atom. The van der Waals surface area contributed by atoms with E-state index in [-0.39, 0.29) is 47.8 Å². The Hall–Kier alpha value is 1.01. The zero-order chi connectivity index (χ0) is 0. The quantitative estimate of drug-likeness (QED) is 0.505. The van der Waals surface area contributed by atoms with Crippen molar-refractivity contribution >= 4 is 11.0 Å². The van der Waals surface area contributed by atoms with Gasteiger partial charge in [-0.05, 0) is 0 Å². The Labute approximate surface area is 48.0 Å². The van der Waals surface area contributed by atoms with E-state index < -0.39 is 0 Å². The van der Waals surface area contributed by atoms with Gasteiger partial charge < -0.3 is 11.0 Å². The molecular formula is HfO2Si. The first-order valence-corrected chi connectivity index (χ1v) is 0. The zero-order valence-electron chi connectivity index (χ0n) is 1.82. The normalized spacial score (nSPS) is 0. The topological polar surface area (TPSA) is 57.0 Å². The summed E-state index contributed by atoms with van der Waals surface area (Å²) >= 11 is 0. The third-order valence-electron chi connectivity index (χ3n) is 0. The largest absolute Gasteiger partial charge is 4.00 e. The van der Waals surface area contributed by atoms with Crippen molar-refractivity contribution in [2.24, 2.45) is 0 Å². The molecule has 0 aliphatic rings. The Morgan fingerprint density at radius 2 is 0.750 bits per heavy atom. The maximum Gasteiger partial charge on any atom is 4.00 e. The Morgan fingerprint density at radius 1 is 0.750 bits per heavy atom. The van der Waals surface area contributed by atoms with Crippen LogP contribution in [-0.2, 0) is 36.8 Å². The summed E-state index contributed by atoms with van der Waals surface area (Å²) in [4.78, 5) is 0. The maximum absolute atomic E-state index is 0. The average Bonchev–Trinajstić information content (AvgIpc) is 0. The van der Waals surface area contributed by atoms with E-state index in [0.29, 0.717) is 0 Å². The molecule has 0 saturated carbocycles. The predicted molar refractivity (Wildman–Crippen MR) is 7.13 cm³/mol. The molecule has 0 aliphatic carbocycles. The summed E-state index contributed by atoms with van der Waals surface area (Å²) < 4.78 is 0. The van der Waals surface area contributed by atoms with Gasteiger partial charge in [-0.3, -0.25) is 0 Å². The molecule has 0 fully saturated rings. The molecule has 0 saturated heterocycles. The fourth-order valence-corrected chi connectivity index (χ4v) is 0. The van der Waals surface area contributed by atoms with Crippen LogP contribution >= 0.6 is 0 Å². The molecule has 0 unspecified atom stereocenters. The number of rotatable bonds is 0. The first-order valence-electron chi connectivity index (χ1n) is 0. The SMILES string of the molecule is [Hf+4].[O-2].[O-2].[Si]. The smallest absolute Gasteiger partial charge is 2.00 e. The fourth-order valence-electron chi connectivity index (χ4n) is 0. The Kier molecular flexibility index (Phi) is 708. The molecule has 0 heterocycles. The molecule has 0 spiro atoms. The van der Waals surface area contributed by atoms with E-state index in [1.807, 2.05) is 0 Å². The minimum atomic E-state index is 0. The molecular weight excluding hydrogens is 239 g/mol. The van der Waals surface area contributed by atoms with Crippen LogP contribution in [0.25, 0.3) is 0 Å². The summed E-state index contributed by atoms with van der Waals surface area (Å²) in [5, 5.41) is 0. The zero-order valence-corrected chi connectivity index (χ0v) is 6.41. The van der Waals surface area contributed by atoms with E-state index in [0.717, 1.165) is 0 Å². The van der Waals surface area contributed by atoms with Crippen molar-refractivity contribution in [2.45, 2.75) is 0 Å². The molecule has 4 heteroatoms. The van der Waals surface area contributed by atoms with E-state index in [2.05, 4.69) is 0 Å². The molecule has 0 N–H and O–H groups in total. The molecule has 0 rings (SSSR count). The molecule has 2 nitrogen and oxygen atoms in total. The van der Waals surface area contributed by atoms with Crippen molar-refractivity contribution in [1.82, 2.24) is 0 Å². The fraction of sp³-hybridized carbons (Fsp3) is 0. The Balaban J connectivity index is 0. The first kappa shape index (κ1) is 79.3. The van der Waals surface area contributed by atoms with Gasteiger partial charge in [-0.2, -0.15) is 0 Å². The first-order chi connectivity index (χ1) is 0. The third kappa shape index (κ3) is 11.9. The van der Waals surface area contributed by atoms with Gasteiger partial charge in [0, 0.05) is 11.0 Å². The van der Waals surface area contributed by atoms with Crippen molar-refractivity contribution in [3.63, 3.8) is 0 Å². The molecule has 0 aromatic heterocycles. The summed E-state index contributed by atoms with van der Waals surface area (Å²) in [6.45, 7) is 0. The second-order valence-electron chi connectivity index (χ2n) is 0. The van der Waals surface area contributed by atoms with Gasteiger partial charge in [0.05, 0.1) is 0 Å². The van der Waals surface area contributed by atoms with Gasteiger partial charge in [0.1, 0.15) is 0 Å². The molecule has 0 atom stereocenters. The van der Waals surface area contributed by atoms with Crippen LogP contribution in [0.5, 0.6) is 0 Å². The Bertz CT molecular complexity index is 6.00. The molecule has 20 valence electrons. The number of hydrogen-bond donors (Lipinski definition) is 0. The standard InChI is InChI=1S/Hf.2O.Si/q+4;2*-2;. The average molecular weight is 239 g/mol. The second-order valence-corrected chi connectivity index (χ2v) is 0. The van der Waals surface area contributed by atoms with Gasteiger partial charge in [0.25, 0.3) is 0 Å². The van der Waals surface area contributed by atoms with Crippen LogP contribution in [0.3, 0.4) is 0 Å². The van der Waals surface area contributed by atoms with E-state index in [9.17, 15) is 0 Å². The summed E-state index contributed by atoms with van der Waals surface area (Å²) in [5.74, 6) is 0. The maximum atomic E-state index is 0. The van der Waals surface area contributed by atoms with E-state index in [1.165, 1.54) is 0 Å². The van der Waals surface area contributed by atoms with Crippen molar-refractivity contribution in [3.05, 3.63) is 0 Å². The molecule has 0 aromatic carbocycles. The summed E-state index contributed by atoms with van der Waals surface area (Å²) in [6.07, 6.45) is 0. The van der Waals surface area contributed by atoms with Crippen LogP contribution in [0.4, 0.5) is 0 Å². The van der Waals surface area contributed by atoms with Crippen molar-refractivity contribution in [3.8, 4) is 0 Å². The summed E-state index contributed by atoms with van der Waals surface area (Å²) in [5.41, 5.74) is 0. The van der Waals surface area contributed by atoms with Gasteiger partial charge in [0.15, 0.2) is 0 Å². The molecule has 4 heavy (non-hydrogen) atoms. The number of hydrogen-bond acceptors (Lipinski definition) is 0. The van der Waals surface area contributed by atoms with E-state index in [4.69, 9.17) is 0 Å². The van der Waals surface area contributed by atoms with Crippen LogP contribution in [0.1, 0.15) is 0 Å². The van der Waals surface area contributed by atoms with Crippen molar-refractivity contribution < 1.29 is 36.8 Å². The van der Waals surface area contributed by atoms with Gasteiger partial charge in [-0.25, -0.2) is 0 Å². The van der Waals surface area contributed by atoms with Gasteiger partial charge in [0.2, 0.25) is 0 Å². The van der Waals surface area contributed by atoms with Crippen LogP contribution in [-0.4, -0.2) is 11.0 Å².